The van der Waals surface area contributed by atoms with Crippen molar-refractivity contribution in [2.45, 2.75) is 5.41 Å². The third kappa shape index (κ3) is 5.73. The molecule has 10 aromatic rings. The van der Waals surface area contributed by atoms with Crippen molar-refractivity contribution in [3.8, 4) is 45.0 Å². The van der Waals surface area contributed by atoms with E-state index in [2.05, 4.69) is 175 Å². The van der Waals surface area contributed by atoms with E-state index in [0.717, 1.165) is 77.7 Å². The molecule has 0 bridgehead atoms. The molecular weight excluding hydrogens is 798 g/mol. The largest absolute Gasteiger partial charge is 0.310 e. The summed E-state index contributed by atoms with van der Waals surface area (Å²) in [5, 5.41) is 2.45. The number of fused-ring (bicyclic) bond motifs is 9. The Hall–Kier alpha value is -7.91. The summed E-state index contributed by atoms with van der Waals surface area (Å²) in [4.78, 5) is 13.5. The summed E-state index contributed by atoms with van der Waals surface area (Å²) in [5.41, 5.74) is 14.4. The molecule has 64 heavy (non-hydrogen) atoms. The van der Waals surface area contributed by atoms with Crippen LogP contribution in [0.1, 0.15) is 22.3 Å². The normalized spacial score (nSPS) is 13.2. The third-order valence-corrected chi connectivity index (χ3v) is 16.1. The van der Waals surface area contributed by atoms with Crippen LogP contribution in [-0.4, -0.2) is 9.97 Å². The van der Waals surface area contributed by atoms with Crippen molar-refractivity contribution in [1.82, 2.24) is 9.97 Å². The Balaban J connectivity index is 1.01. The van der Waals surface area contributed by atoms with Gasteiger partial charge in [0.1, 0.15) is 0 Å². The number of anilines is 3. The van der Waals surface area contributed by atoms with Crippen molar-refractivity contribution in [1.29, 1.82) is 0 Å². The molecule has 2 aliphatic rings. The van der Waals surface area contributed by atoms with Crippen LogP contribution in [0.3, 0.4) is 0 Å². The van der Waals surface area contributed by atoms with Crippen LogP contribution in [0.2, 0.25) is 0 Å². The van der Waals surface area contributed by atoms with Crippen LogP contribution in [-0.2, 0) is 9.98 Å². The highest BCUT2D eigenvalue weighted by atomic mass is 31.2. The molecule has 302 valence electrons. The molecule has 5 heteroatoms. The molecule has 0 unspecified atom stereocenters. The molecule has 1 aliphatic heterocycles. The lowest BCUT2D eigenvalue weighted by Crippen LogP contribution is -2.36. The lowest BCUT2D eigenvalue weighted by atomic mass is 9.64. The molecule has 4 nitrogen and oxygen atoms in total. The predicted octanol–water partition coefficient (Wildman–Crippen LogP) is 13.3. The second-order valence-electron chi connectivity index (χ2n) is 16.4. The molecule has 1 spiro atoms. The summed E-state index contributed by atoms with van der Waals surface area (Å²) in [5.74, 6) is 0.668. The van der Waals surface area contributed by atoms with E-state index < -0.39 is 12.6 Å². The molecule has 2 heterocycles. The van der Waals surface area contributed by atoms with E-state index in [1.54, 1.807) is 0 Å². The maximum absolute atomic E-state index is 15.0. The van der Waals surface area contributed by atoms with Gasteiger partial charge in [0, 0.05) is 43.9 Å². The molecule has 0 saturated heterocycles. The fourth-order valence-corrected chi connectivity index (χ4v) is 12.8. The minimum absolute atomic E-state index is 0.668. The highest BCUT2D eigenvalue weighted by molar-refractivity contribution is 7.85. The number of benzene rings is 9. The second-order valence-corrected chi connectivity index (χ2v) is 19.2. The van der Waals surface area contributed by atoms with E-state index >= 15 is 4.57 Å². The number of hydrogen-bond acceptors (Lipinski definition) is 4. The highest BCUT2D eigenvalue weighted by Crippen LogP contribution is 2.64. The summed E-state index contributed by atoms with van der Waals surface area (Å²) >= 11 is 0. The number of hydrogen-bond donors (Lipinski definition) is 0. The summed E-state index contributed by atoms with van der Waals surface area (Å²) in [7, 11) is -3.08. The second kappa shape index (κ2) is 15.2. The molecule has 0 amide bonds. The van der Waals surface area contributed by atoms with Crippen LogP contribution in [0.25, 0.3) is 45.0 Å². The molecule has 1 aromatic heterocycles. The zero-order chi connectivity index (χ0) is 42.7. The van der Waals surface area contributed by atoms with Gasteiger partial charge in [-0.05, 0) is 52.1 Å². The SMILES string of the molecule is O=P(c1ccccc1)(c1ccccc1)c1ccc(-c2ccc(-c3nc(-c4ccccc4)c4c(n3)-c3ccccc3C43c4ccccc4N(c4ccccc4)c4ccccc43)cc2)cc1. The minimum Gasteiger partial charge on any atom is -0.310 e. The first-order valence-electron chi connectivity index (χ1n) is 21.7. The topological polar surface area (TPSA) is 46.1 Å². The van der Waals surface area contributed by atoms with Crippen LogP contribution in [0.4, 0.5) is 17.1 Å². The van der Waals surface area contributed by atoms with Crippen molar-refractivity contribution in [3.05, 3.63) is 265 Å². The van der Waals surface area contributed by atoms with Crippen LogP contribution in [0, 0.1) is 0 Å². The average Bonchev–Trinajstić information content (AvgIpc) is 3.67. The summed E-state index contributed by atoms with van der Waals surface area (Å²) in [6.45, 7) is 0. The van der Waals surface area contributed by atoms with Crippen molar-refractivity contribution >= 4 is 40.1 Å². The smallest absolute Gasteiger partial charge is 0.171 e. The third-order valence-electron chi connectivity index (χ3n) is 13.0. The van der Waals surface area contributed by atoms with Crippen LogP contribution < -0.4 is 20.8 Å². The average molecular weight is 838 g/mol. The first-order chi connectivity index (χ1) is 31.6. The first-order valence-corrected chi connectivity index (χ1v) is 23.4. The molecule has 12 rings (SSSR count). The lowest BCUT2D eigenvalue weighted by molar-refractivity contribution is 0.592. The summed E-state index contributed by atoms with van der Waals surface area (Å²) < 4.78 is 15.0. The maximum atomic E-state index is 15.0. The zero-order valence-corrected chi connectivity index (χ0v) is 35.7. The van der Waals surface area contributed by atoms with Gasteiger partial charge in [-0.15, -0.1) is 0 Å². The van der Waals surface area contributed by atoms with Gasteiger partial charge in [-0.3, -0.25) is 0 Å². The molecule has 1 aliphatic carbocycles. The monoisotopic (exact) mass is 837 g/mol. The Morgan fingerprint density at radius 3 is 1.36 bits per heavy atom. The molecule has 0 fully saturated rings. The van der Waals surface area contributed by atoms with Crippen LogP contribution >= 0.6 is 7.14 Å². The van der Waals surface area contributed by atoms with E-state index in [0.29, 0.717) is 5.82 Å². The predicted molar refractivity (Wildman–Crippen MR) is 263 cm³/mol. The number of rotatable bonds is 7. The van der Waals surface area contributed by atoms with Crippen molar-refractivity contribution < 1.29 is 4.57 Å². The van der Waals surface area contributed by atoms with E-state index in [1.807, 2.05) is 72.8 Å². The van der Waals surface area contributed by atoms with Gasteiger partial charge in [-0.2, -0.15) is 0 Å². The number of aromatic nitrogens is 2. The maximum Gasteiger partial charge on any atom is 0.171 e. The van der Waals surface area contributed by atoms with Gasteiger partial charge in [0.2, 0.25) is 0 Å². The minimum atomic E-state index is -3.08. The van der Waals surface area contributed by atoms with E-state index in [4.69, 9.17) is 9.97 Å². The Labute approximate surface area is 373 Å². The lowest BCUT2D eigenvalue weighted by Gasteiger charge is -2.45. The Bertz CT molecular complexity index is 3300. The first kappa shape index (κ1) is 37.8. The fraction of sp³-hybridized carbons (Fsp3) is 0.0169. The molecule has 0 N–H and O–H groups in total. The molecule has 0 radical (unpaired) electrons. The zero-order valence-electron chi connectivity index (χ0n) is 34.8. The van der Waals surface area contributed by atoms with Gasteiger partial charge in [0.15, 0.2) is 13.0 Å². The Morgan fingerprint density at radius 2 is 0.781 bits per heavy atom. The van der Waals surface area contributed by atoms with Gasteiger partial charge in [0.05, 0.1) is 28.2 Å². The van der Waals surface area contributed by atoms with Crippen molar-refractivity contribution in [3.63, 3.8) is 0 Å². The Kier molecular flexibility index (Phi) is 8.96. The van der Waals surface area contributed by atoms with Crippen molar-refractivity contribution in [2.75, 3.05) is 4.90 Å². The van der Waals surface area contributed by atoms with E-state index in [1.165, 1.54) is 16.7 Å². The molecular formula is C59H40N3OP. The number of para-hydroxylation sites is 3. The van der Waals surface area contributed by atoms with Gasteiger partial charge in [-0.1, -0.05) is 218 Å². The number of nitrogens with zero attached hydrogens (tertiary/aromatic N) is 3. The Morgan fingerprint density at radius 1 is 0.359 bits per heavy atom. The molecule has 9 aromatic carbocycles. The standard InChI is InChI=1S/C59H40N3OP/c63-64(46-23-9-3-10-24-46,47-25-11-4-12-26-47)48-39-37-42(38-40-48)41-33-35-44(36-34-41)58-60-56(43-19-5-1-6-20-43)55-57(61-58)49-27-13-14-28-50(49)59(55)51-29-15-17-31-53(51)62(45-21-7-2-8-22-45)54-32-18-16-30-52(54)59/h1-40H. The molecule has 0 atom stereocenters. The summed E-state index contributed by atoms with van der Waals surface area (Å²) in [6, 6.07) is 84.1. The fourth-order valence-electron chi connectivity index (χ4n) is 10.2. The summed E-state index contributed by atoms with van der Waals surface area (Å²) in [6.07, 6.45) is 0. The van der Waals surface area contributed by atoms with E-state index in [-0.39, 0.29) is 0 Å². The van der Waals surface area contributed by atoms with E-state index in [9.17, 15) is 0 Å². The van der Waals surface area contributed by atoms with Gasteiger partial charge >= 0.3 is 0 Å². The van der Waals surface area contributed by atoms with Gasteiger partial charge in [-0.25, -0.2) is 9.97 Å². The molecule has 0 saturated carbocycles. The van der Waals surface area contributed by atoms with Crippen molar-refractivity contribution in [2.24, 2.45) is 0 Å². The van der Waals surface area contributed by atoms with Crippen LogP contribution in [0.15, 0.2) is 243 Å². The quantitative estimate of drug-likeness (QED) is 0.150. The van der Waals surface area contributed by atoms with Gasteiger partial charge in [0.25, 0.3) is 0 Å². The van der Waals surface area contributed by atoms with Gasteiger partial charge < -0.3 is 9.46 Å². The highest BCUT2D eigenvalue weighted by Gasteiger charge is 2.54. The van der Waals surface area contributed by atoms with Crippen LogP contribution in [0.5, 0.6) is 0 Å².